The number of Topliss-reactive ketones (excluding diaryl/α,β-unsaturated/α-hetero) is 1. The lowest BCUT2D eigenvalue weighted by Crippen LogP contribution is -2.41. The third-order valence-electron chi connectivity index (χ3n) is 2.22. The molecule has 0 rings (SSSR count). The zero-order valence-electron chi connectivity index (χ0n) is 9.83. The first kappa shape index (κ1) is 13.1. The first-order valence-electron chi connectivity index (χ1n) is 5.22. The van der Waals surface area contributed by atoms with Crippen LogP contribution in [0.5, 0.6) is 0 Å². The normalized spacial score (nSPS) is 10.8. The minimum atomic E-state index is 0.000839. The smallest absolute Gasteiger partial charge is 0.222 e. The Labute approximate surface area is 86.5 Å². The molecule has 0 fully saturated rings. The van der Waals surface area contributed by atoms with Gasteiger partial charge in [0.15, 0.2) is 5.78 Å². The van der Waals surface area contributed by atoms with E-state index in [9.17, 15) is 9.59 Å². The van der Waals surface area contributed by atoms with E-state index in [-0.39, 0.29) is 30.2 Å². The van der Waals surface area contributed by atoms with Crippen LogP contribution in [0.25, 0.3) is 0 Å². The molecule has 0 saturated carbocycles. The molecule has 0 aliphatic carbocycles. The number of nitrogens with zero attached hydrogens (tertiary/aromatic N) is 1. The largest absolute Gasteiger partial charge is 0.333 e. The quantitative estimate of drug-likeness (QED) is 0.677. The molecule has 0 bridgehead atoms. The maximum absolute atomic E-state index is 11.5. The van der Waals surface area contributed by atoms with Crippen LogP contribution in [0, 0.1) is 5.92 Å². The molecule has 0 aliphatic rings. The van der Waals surface area contributed by atoms with Crippen LogP contribution >= 0.6 is 0 Å². The number of hydrogen-bond acceptors (Lipinski definition) is 2. The molecule has 0 radical (unpaired) electrons. The standard InChI is InChI=1S/C11H21NO2/c1-6-11(14)12(9(4)5)7-10(13)8(2)3/h8-9H,6-7H2,1-5H3. The highest BCUT2D eigenvalue weighted by molar-refractivity contribution is 5.87. The van der Waals surface area contributed by atoms with E-state index in [1.165, 1.54) is 0 Å². The second kappa shape index (κ2) is 5.78. The van der Waals surface area contributed by atoms with Crippen molar-refractivity contribution < 1.29 is 9.59 Å². The highest BCUT2D eigenvalue weighted by atomic mass is 16.2. The molecule has 0 aromatic carbocycles. The van der Waals surface area contributed by atoms with Crippen molar-refractivity contribution >= 4 is 11.7 Å². The minimum Gasteiger partial charge on any atom is -0.333 e. The molecule has 0 saturated heterocycles. The second-order valence-electron chi connectivity index (χ2n) is 4.09. The van der Waals surface area contributed by atoms with E-state index < -0.39 is 0 Å². The number of amides is 1. The van der Waals surface area contributed by atoms with Gasteiger partial charge in [-0.05, 0) is 13.8 Å². The molecule has 0 aliphatic heterocycles. The molecule has 1 amide bonds. The Balaban J connectivity index is 4.38. The van der Waals surface area contributed by atoms with E-state index in [1.807, 2.05) is 34.6 Å². The van der Waals surface area contributed by atoms with E-state index in [2.05, 4.69) is 0 Å². The van der Waals surface area contributed by atoms with Crippen molar-refractivity contribution in [2.45, 2.75) is 47.1 Å². The van der Waals surface area contributed by atoms with Gasteiger partial charge in [0.1, 0.15) is 0 Å². The van der Waals surface area contributed by atoms with Crippen molar-refractivity contribution in [3.63, 3.8) is 0 Å². The van der Waals surface area contributed by atoms with Crippen LogP contribution in [-0.2, 0) is 9.59 Å². The lowest BCUT2D eigenvalue weighted by molar-refractivity contribution is -0.137. The number of ketones is 1. The molecule has 14 heavy (non-hydrogen) atoms. The van der Waals surface area contributed by atoms with Crippen LogP contribution in [0.3, 0.4) is 0 Å². The molecule has 0 N–H and O–H groups in total. The number of hydrogen-bond donors (Lipinski definition) is 0. The van der Waals surface area contributed by atoms with Crippen molar-refractivity contribution in [2.24, 2.45) is 5.92 Å². The highest BCUT2D eigenvalue weighted by Gasteiger charge is 2.19. The Hall–Kier alpha value is -0.860. The fraction of sp³-hybridized carbons (Fsp3) is 0.818. The topological polar surface area (TPSA) is 37.4 Å². The van der Waals surface area contributed by atoms with Gasteiger partial charge in [0.25, 0.3) is 0 Å². The Kier molecular flexibility index (Phi) is 5.43. The molecule has 0 spiro atoms. The second-order valence-corrected chi connectivity index (χ2v) is 4.09. The van der Waals surface area contributed by atoms with Crippen LogP contribution in [0.4, 0.5) is 0 Å². The molecular formula is C11H21NO2. The summed E-state index contributed by atoms with van der Waals surface area (Å²) in [4.78, 5) is 24.6. The van der Waals surface area contributed by atoms with Crippen LogP contribution in [0.1, 0.15) is 41.0 Å². The van der Waals surface area contributed by atoms with Gasteiger partial charge in [0, 0.05) is 18.4 Å². The number of rotatable bonds is 5. The summed E-state index contributed by atoms with van der Waals surface area (Å²) in [6.07, 6.45) is 0.462. The summed E-state index contributed by atoms with van der Waals surface area (Å²) in [6, 6.07) is 0.102. The average Bonchev–Trinajstić information content (AvgIpc) is 2.11. The minimum absolute atomic E-state index is 0.000839. The lowest BCUT2D eigenvalue weighted by Gasteiger charge is -2.26. The fourth-order valence-corrected chi connectivity index (χ4v) is 1.11. The van der Waals surface area contributed by atoms with Gasteiger partial charge in [0.2, 0.25) is 5.91 Å². The van der Waals surface area contributed by atoms with E-state index in [1.54, 1.807) is 4.90 Å². The van der Waals surface area contributed by atoms with E-state index in [0.29, 0.717) is 6.42 Å². The number of carbonyl (C=O) groups excluding carboxylic acids is 2. The van der Waals surface area contributed by atoms with Crippen LogP contribution < -0.4 is 0 Å². The Morgan fingerprint density at radius 1 is 1.14 bits per heavy atom. The van der Waals surface area contributed by atoms with Crippen molar-refractivity contribution in [1.82, 2.24) is 4.90 Å². The molecule has 0 aromatic rings. The highest BCUT2D eigenvalue weighted by Crippen LogP contribution is 2.04. The summed E-state index contributed by atoms with van der Waals surface area (Å²) in [5.74, 6) is 0.176. The summed E-state index contributed by atoms with van der Waals surface area (Å²) in [5, 5.41) is 0. The summed E-state index contributed by atoms with van der Waals surface area (Å²) in [5.41, 5.74) is 0. The molecule has 82 valence electrons. The van der Waals surface area contributed by atoms with Gasteiger partial charge < -0.3 is 4.90 Å². The van der Waals surface area contributed by atoms with Crippen LogP contribution in [-0.4, -0.2) is 29.2 Å². The third kappa shape index (κ3) is 3.90. The molecule has 0 atom stereocenters. The summed E-state index contributed by atoms with van der Waals surface area (Å²) >= 11 is 0. The third-order valence-corrected chi connectivity index (χ3v) is 2.22. The van der Waals surface area contributed by atoms with E-state index in [0.717, 1.165) is 0 Å². The first-order valence-corrected chi connectivity index (χ1v) is 5.22. The Morgan fingerprint density at radius 2 is 1.64 bits per heavy atom. The molecule has 3 heteroatoms. The Bertz CT molecular complexity index is 209. The molecular weight excluding hydrogens is 178 g/mol. The average molecular weight is 199 g/mol. The zero-order chi connectivity index (χ0) is 11.3. The van der Waals surface area contributed by atoms with Gasteiger partial charge in [-0.15, -0.1) is 0 Å². The summed E-state index contributed by atoms with van der Waals surface area (Å²) < 4.78 is 0. The van der Waals surface area contributed by atoms with Crippen molar-refractivity contribution in [3.05, 3.63) is 0 Å². The first-order chi connectivity index (χ1) is 6.40. The SMILES string of the molecule is CCC(=O)N(CC(=O)C(C)C)C(C)C. The van der Waals surface area contributed by atoms with Gasteiger partial charge in [-0.25, -0.2) is 0 Å². The van der Waals surface area contributed by atoms with Crippen molar-refractivity contribution in [2.75, 3.05) is 6.54 Å². The van der Waals surface area contributed by atoms with Crippen LogP contribution in [0.15, 0.2) is 0 Å². The van der Waals surface area contributed by atoms with Crippen molar-refractivity contribution in [1.29, 1.82) is 0 Å². The van der Waals surface area contributed by atoms with E-state index >= 15 is 0 Å². The van der Waals surface area contributed by atoms with Gasteiger partial charge in [-0.2, -0.15) is 0 Å². The molecule has 0 unspecified atom stereocenters. The lowest BCUT2D eigenvalue weighted by atomic mass is 10.1. The molecule has 0 aromatic heterocycles. The molecule has 3 nitrogen and oxygen atoms in total. The van der Waals surface area contributed by atoms with E-state index in [4.69, 9.17) is 0 Å². The van der Waals surface area contributed by atoms with Gasteiger partial charge in [-0.1, -0.05) is 20.8 Å². The Morgan fingerprint density at radius 3 is 1.93 bits per heavy atom. The summed E-state index contributed by atoms with van der Waals surface area (Å²) in [7, 11) is 0. The van der Waals surface area contributed by atoms with Gasteiger partial charge >= 0.3 is 0 Å². The summed E-state index contributed by atoms with van der Waals surface area (Å²) in [6.45, 7) is 9.65. The predicted octanol–water partition coefficient (Wildman–Crippen LogP) is 1.86. The maximum atomic E-state index is 11.5. The van der Waals surface area contributed by atoms with Gasteiger partial charge in [0.05, 0.1) is 6.54 Å². The van der Waals surface area contributed by atoms with Crippen molar-refractivity contribution in [3.8, 4) is 0 Å². The monoisotopic (exact) mass is 199 g/mol. The maximum Gasteiger partial charge on any atom is 0.222 e. The number of carbonyl (C=O) groups is 2. The van der Waals surface area contributed by atoms with Crippen LogP contribution in [0.2, 0.25) is 0 Å². The van der Waals surface area contributed by atoms with Gasteiger partial charge in [-0.3, -0.25) is 9.59 Å². The fourth-order valence-electron chi connectivity index (χ4n) is 1.11. The zero-order valence-corrected chi connectivity index (χ0v) is 9.83. The predicted molar refractivity (Wildman–Crippen MR) is 57.0 cm³/mol. The molecule has 0 heterocycles.